The molecule has 0 heterocycles. The van der Waals surface area contributed by atoms with Gasteiger partial charge in [-0.15, -0.1) is 0 Å². The Kier molecular flexibility index (Phi) is 6.31. The summed E-state index contributed by atoms with van der Waals surface area (Å²) >= 11 is 0. The van der Waals surface area contributed by atoms with Gasteiger partial charge in [0.05, 0.1) is 0 Å². The summed E-state index contributed by atoms with van der Waals surface area (Å²) in [6, 6.07) is 19.4. The van der Waals surface area contributed by atoms with E-state index in [1.54, 1.807) is 0 Å². The third kappa shape index (κ3) is 6.02. The Bertz CT molecular complexity index is 460. The molecule has 0 aliphatic heterocycles. The minimum Gasteiger partial charge on any atom is -0.452 e. The van der Waals surface area contributed by atoms with Crippen LogP contribution in [0.3, 0.4) is 0 Å². The van der Waals surface area contributed by atoms with E-state index < -0.39 is 16.1 Å². The third-order valence-corrected chi connectivity index (χ3v) is 3.86. The van der Waals surface area contributed by atoms with Crippen LogP contribution in [0.1, 0.15) is 13.8 Å². The van der Waals surface area contributed by atoms with E-state index in [2.05, 4.69) is 13.8 Å². The van der Waals surface area contributed by atoms with Crippen molar-refractivity contribution in [2.45, 2.75) is 25.7 Å². The molecule has 2 aromatic rings. The smallest absolute Gasteiger partial charge is 0.262 e. The molecule has 0 atom stereocenters. The molecule has 2 aromatic carbocycles. The molecule has 0 aliphatic rings. The van der Waals surface area contributed by atoms with Crippen molar-refractivity contribution in [1.29, 1.82) is 0 Å². The summed E-state index contributed by atoms with van der Waals surface area (Å²) in [4.78, 5) is 0. The van der Waals surface area contributed by atoms with Crippen LogP contribution >= 0.6 is 0 Å². The molecule has 0 aromatic heterocycles. The second kappa shape index (κ2) is 8.49. The minimum absolute atomic E-state index is 0.430. The molecule has 2 rings (SSSR count). The van der Waals surface area contributed by atoms with Gasteiger partial charge in [-0.3, -0.25) is 0 Å². The largest absolute Gasteiger partial charge is 0.452 e. The summed E-state index contributed by atoms with van der Waals surface area (Å²) in [5.74, 6) is 1.57. The van der Waals surface area contributed by atoms with Gasteiger partial charge in [0.1, 0.15) is 18.1 Å². The Morgan fingerprint density at radius 3 is 1.71 bits per heavy atom. The van der Waals surface area contributed by atoms with Gasteiger partial charge in [0.2, 0.25) is 0 Å². The van der Waals surface area contributed by atoms with Gasteiger partial charge in [-0.05, 0) is 29.8 Å². The van der Waals surface area contributed by atoms with Crippen molar-refractivity contribution in [3.63, 3.8) is 0 Å². The van der Waals surface area contributed by atoms with Crippen LogP contribution in [0, 0.1) is 0 Å². The number of hydrogen-bond acceptors (Lipinski definition) is 3. The molecule has 21 heavy (non-hydrogen) atoms. The highest BCUT2D eigenvalue weighted by atomic mass is 28.2. The van der Waals surface area contributed by atoms with E-state index in [0.717, 1.165) is 11.5 Å². The van der Waals surface area contributed by atoms with E-state index in [-0.39, 0.29) is 0 Å². The Balaban J connectivity index is 1.96. The molecule has 0 unspecified atom stereocenters. The fraction of sp³-hybridized carbons (Fsp3) is 0.294. The molecule has 0 spiro atoms. The molecule has 0 amide bonds. The Hall–Kier alpha value is -1.78. The van der Waals surface area contributed by atoms with Crippen LogP contribution in [0.5, 0.6) is 11.5 Å². The molecule has 0 saturated heterocycles. The quantitative estimate of drug-likeness (QED) is 0.552. The number of hydrogen-bond donors (Lipinski definition) is 0. The Morgan fingerprint density at radius 1 is 0.810 bits per heavy atom. The fourth-order valence-corrected chi connectivity index (χ4v) is 2.59. The summed E-state index contributed by atoms with van der Waals surface area (Å²) in [7, 11) is -0.535. The van der Waals surface area contributed by atoms with Gasteiger partial charge in [-0.1, -0.05) is 50.2 Å². The van der Waals surface area contributed by atoms with Gasteiger partial charge in [-0.2, -0.15) is 0 Å². The van der Waals surface area contributed by atoms with Crippen molar-refractivity contribution in [3.05, 3.63) is 60.7 Å². The van der Waals surface area contributed by atoms with E-state index in [1.165, 1.54) is 0 Å². The lowest BCUT2D eigenvalue weighted by atomic mass is 10.3. The second-order valence-electron chi connectivity index (χ2n) is 5.22. The highest BCUT2D eigenvalue weighted by Gasteiger charge is 2.13. The Labute approximate surface area is 128 Å². The highest BCUT2D eigenvalue weighted by Crippen LogP contribution is 2.16. The lowest BCUT2D eigenvalue weighted by Gasteiger charge is -2.21. The molecule has 0 bridgehead atoms. The van der Waals surface area contributed by atoms with Gasteiger partial charge < -0.3 is 13.9 Å². The zero-order chi connectivity index (χ0) is 14.9. The molecule has 0 aliphatic carbocycles. The Morgan fingerprint density at radius 2 is 1.29 bits per heavy atom. The molecular formula is C17H22O3Si. The zero-order valence-electron chi connectivity index (χ0n) is 12.6. The van der Waals surface area contributed by atoms with Crippen LogP contribution in [0.25, 0.3) is 0 Å². The first-order valence-corrected chi connectivity index (χ1v) is 8.64. The monoisotopic (exact) mass is 302 g/mol. The molecule has 3 nitrogen and oxygen atoms in total. The van der Waals surface area contributed by atoms with E-state index in [0.29, 0.717) is 12.1 Å². The lowest BCUT2D eigenvalue weighted by Crippen LogP contribution is -2.30. The number of benzene rings is 2. The standard InChI is InChI=1S/C17H22O3Si/c1-14(2)21-18-13-17(19-15-9-5-3-6-10-15)20-16-11-7-4-8-12-16/h3-12,14,17H,13,21H2,1-2H3. The predicted molar refractivity (Wildman–Crippen MR) is 87.5 cm³/mol. The van der Waals surface area contributed by atoms with Crippen LogP contribution in [0.4, 0.5) is 0 Å². The van der Waals surface area contributed by atoms with Gasteiger partial charge in [0, 0.05) is 0 Å². The van der Waals surface area contributed by atoms with Crippen molar-refractivity contribution in [2.75, 3.05) is 6.61 Å². The maximum absolute atomic E-state index is 5.88. The topological polar surface area (TPSA) is 27.7 Å². The average molecular weight is 302 g/mol. The second-order valence-corrected chi connectivity index (χ2v) is 7.60. The van der Waals surface area contributed by atoms with Crippen molar-refractivity contribution in [2.24, 2.45) is 0 Å². The van der Waals surface area contributed by atoms with Crippen molar-refractivity contribution in [1.82, 2.24) is 0 Å². The third-order valence-electron chi connectivity index (χ3n) is 2.73. The van der Waals surface area contributed by atoms with Gasteiger partial charge in [0.25, 0.3) is 6.29 Å². The lowest BCUT2D eigenvalue weighted by molar-refractivity contribution is -0.0274. The first kappa shape index (κ1) is 15.6. The normalized spacial score (nSPS) is 11.4. The minimum atomic E-state index is -0.535. The summed E-state index contributed by atoms with van der Waals surface area (Å²) in [6.45, 7) is 4.81. The van der Waals surface area contributed by atoms with Crippen LogP contribution in [0.15, 0.2) is 60.7 Å². The number of rotatable bonds is 8. The van der Waals surface area contributed by atoms with E-state index in [4.69, 9.17) is 13.9 Å². The molecule has 0 N–H and O–H groups in total. The fourth-order valence-electron chi connectivity index (χ4n) is 1.79. The van der Waals surface area contributed by atoms with Crippen LogP contribution in [0.2, 0.25) is 5.54 Å². The van der Waals surface area contributed by atoms with Gasteiger partial charge in [0.15, 0.2) is 9.76 Å². The summed E-state index contributed by atoms with van der Waals surface area (Å²) in [5.41, 5.74) is 0.624. The van der Waals surface area contributed by atoms with Crippen LogP contribution in [-0.4, -0.2) is 22.7 Å². The van der Waals surface area contributed by atoms with Crippen molar-refractivity contribution < 1.29 is 13.9 Å². The first-order valence-electron chi connectivity index (χ1n) is 7.25. The maximum atomic E-state index is 5.88. The molecular weight excluding hydrogens is 280 g/mol. The molecule has 0 radical (unpaired) electrons. The van der Waals surface area contributed by atoms with Crippen LogP contribution in [-0.2, 0) is 4.43 Å². The SMILES string of the molecule is CC(C)[SiH2]OCC(Oc1ccccc1)Oc1ccccc1. The molecule has 4 heteroatoms. The molecule has 0 saturated carbocycles. The van der Waals surface area contributed by atoms with E-state index >= 15 is 0 Å². The summed E-state index contributed by atoms with van der Waals surface area (Å²) < 4.78 is 17.5. The van der Waals surface area contributed by atoms with Crippen LogP contribution < -0.4 is 9.47 Å². The summed E-state index contributed by atoms with van der Waals surface area (Å²) in [5, 5.41) is 0. The molecule has 112 valence electrons. The first-order chi connectivity index (χ1) is 10.2. The predicted octanol–water partition coefficient (Wildman–Crippen LogP) is 3.40. The highest BCUT2D eigenvalue weighted by molar-refractivity contribution is 6.29. The summed E-state index contributed by atoms with van der Waals surface area (Å²) in [6.07, 6.45) is -0.430. The number of ether oxygens (including phenoxy) is 2. The van der Waals surface area contributed by atoms with E-state index in [1.807, 2.05) is 60.7 Å². The van der Waals surface area contributed by atoms with Gasteiger partial charge >= 0.3 is 0 Å². The zero-order valence-corrected chi connectivity index (χ0v) is 14.0. The molecule has 0 fully saturated rings. The van der Waals surface area contributed by atoms with E-state index in [9.17, 15) is 0 Å². The van der Waals surface area contributed by atoms with Crippen molar-refractivity contribution >= 4 is 9.76 Å². The maximum Gasteiger partial charge on any atom is 0.262 e. The number of para-hydroxylation sites is 2. The van der Waals surface area contributed by atoms with Crippen molar-refractivity contribution in [3.8, 4) is 11.5 Å². The van der Waals surface area contributed by atoms with Gasteiger partial charge in [-0.25, -0.2) is 0 Å². The average Bonchev–Trinajstić information content (AvgIpc) is 2.49.